The Hall–Kier alpha value is -12.7. The summed E-state index contributed by atoms with van der Waals surface area (Å²) >= 11 is 0. The largest absolute Gasteiger partial charge is 0.309 e. The first kappa shape index (κ1) is 56.3. The fraction of sp³-hybridized carbons (Fsp3) is 0.0233. The topological polar surface area (TPSA) is 92.1 Å². The molecular formula is C86H59N9. The van der Waals surface area contributed by atoms with Gasteiger partial charge in [0.25, 0.3) is 0 Å². The fourth-order valence-electron chi connectivity index (χ4n) is 13.7. The van der Waals surface area contributed by atoms with E-state index in [1.54, 1.807) is 0 Å². The molecule has 95 heavy (non-hydrogen) atoms. The lowest BCUT2D eigenvalue weighted by molar-refractivity contribution is 1.07. The van der Waals surface area contributed by atoms with Crippen LogP contribution in [-0.2, 0) is 0 Å². The van der Waals surface area contributed by atoms with Gasteiger partial charge in [-0.1, -0.05) is 243 Å². The second-order valence-corrected chi connectivity index (χ2v) is 24.0. The van der Waals surface area contributed by atoms with E-state index in [2.05, 4.69) is 228 Å². The van der Waals surface area contributed by atoms with Crippen LogP contribution in [0.2, 0.25) is 0 Å². The van der Waals surface area contributed by atoms with Crippen LogP contribution in [0.3, 0.4) is 0 Å². The molecule has 0 aliphatic carbocycles. The molecule has 9 nitrogen and oxygen atoms in total. The number of hydrogen-bond acceptors (Lipinski definition) is 6. The standard InChI is InChI=1S/C51H33N5.C35H26N4/c1-5-17-34(18-6-1)37-29-38(51-53-49(35-19-7-2-8-20-35)52-50(54-51)36-21-9-3-10-22-36)31-40(30-37)56-46-28-16-14-26-42(46)44-32-43-41-25-13-15-27-45(41)55(47(43)33-48(44)56)39-23-11-4-12-24-39;1-23-21-27(22-24(2)32(23)39-30-19-11-9-17-28(30)29-18-10-12-20-31(29)39)35-37-33(25-13-5-3-6-14-25)36-34(38-35)26-15-7-4-8-16-26/h1-33H;3-22H,1-2H3. The minimum absolute atomic E-state index is 0.615. The Morgan fingerprint density at radius 2 is 0.474 bits per heavy atom. The van der Waals surface area contributed by atoms with Gasteiger partial charge in [0.2, 0.25) is 0 Å². The third kappa shape index (κ3) is 10.2. The van der Waals surface area contributed by atoms with Crippen molar-refractivity contribution in [3.8, 4) is 96.5 Å². The normalized spacial score (nSPS) is 11.5. The summed E-state index contributed by atoms with van der Waals surface area (Å²) in [4.78, 5) is 30.0. The monoisotopic (exact) mass is 1220 g/mol. The molecule has 0 spiro atoms. The van der Waals surface area contributed by atoms with Gasteiger partial charge < -0.3 is 13.7 Å². The zero-order valence-electron chi connectivity index (χ0n) is 52.1. The van der Waals surface area contributed by atoms with Crippen LogP contribution < -0.4 is 0 Å². The summed E-state index contributed by atoms with van der Waals surface area (Å²) in [6.45, 7) is 4.35. The minimum Gasteiger partial charge on any atom is -0.309 e. The van der Waals surface area contributed by atoms with E-state index in [9.17, 15) is 0 Å². The van der Waals surface area contributed by atoms with Crippen LogP contribution in [0, 0.1) is 13.8 Å². The van der Waals surface area contributed by atoms with Crippen LogP contribution >= 0.6 is 0 Å². The number of aryl methyl sites for hydroxylation is 2. The first-order chi connectivity index (χ1) is 46.9. The molecule has 0 aliphatic rings. The molecule has 0 radical (unpaired) electrons. The molecule has 5 aromatic heterocycles. The van der Waals surface area contributed by atoms with Crippen LogP contribution in [-0.4, -0.2) is 43.6 Å². The predicted molar refractivity (Wildman–Crippen MR) is 390 cm³/mol. The number of benzene rings is 13. The van der Waals surface area contributed by atoms with Gasteiger partial charge in [-0.3, -0.25) is 0 Å². The van der Waals surface area contributed by atoms with Gasteiger partial charge >= 0.3 is 0 Å². The Morgan fingerprint density at radius 3 is 0.863 bits per heavy atom. The van der Waals surface area contributed by atoms with E-state index < -0.39 is 0 Å². The summed E-state index contributed by atoms with van der Waals surface area (Å²) in [5.41, 5.74) is 20.6. The van der Waals surface area contributed by atoms with E-state index >= 15 is 0 Å². The van der Waals surface area contributed by atoms with Crippen molar-refractivity contribution in [2.24, 2.45) is 0 Å². The highest BCUT2D eigenvalue weighted by molar-refractivity contribution is 6.19. The molecular weight excluding hydrogens is 1160 g/mol. The summed E-state index contributed by atoms with van der Waals surface area (Å²) in [5, 5.41) is 7.38. The Labute approximate surface area is 548 Å². The van der Waals surface area contributed by atoms with E-state index in [1.165, 1.54) is 65.7 Å². The number of fused-ring (bicyclic) bond motifs is 9. The first-order valence-corrected chi connectivity index (χ1v) is 32.0. The Kier molecular flexibility index (Phi) is 14.1. The van der Waals surface area contributed by atoms with E-state index in [1.807, 2.05) is 121 Å². The van der Waals surface area contributed by atoms with Crippen molar-refractivity contribution in [1.82, 2.24) is 43.6 Å². The number of nitrogens with zero attached hydrogens (tertiary/aromatic N) is 9. The summed E-state index contributed by atoms with van der Waals surface area (Å²) in [6, 6.07) is 112. The highest BCUT2D eigenvalue weighted by Crippen LogP contribution is 2.42. The maximum atomic E-state index is 5.16. The molecule has 0 atom stereocenters. The maximum Gasteiger partial charge on any atom is 0.164 e. The van der Waals surface area contributed by atoms with Crippen molar-refractivity contribution >= 4 is 65.4 Å². The van der Waals surface area contributed by atoms with Gasteiger partial charge in [0.15, 0.2) is 34.9 Å². The van der Waals surface area contributed by atoms with Crippen LogP contribution in [0.15, 0.2) is 322 Å². The summed E-state index contributed by atoms with van der Waals surface area (Å²) in [5.74, 6) is 3.89. The summed E-state index contributed by atoms with van der Waals surface area (Å²) < 4.78 is 7.18. The third-order valence-corrected chi connectivity index (χ3v) is 18.0. The molecule has 0 amide bonds. The summed E-state index contributed by atoms with van der Waals surface area (Å²) in [6.07, 6.45) is 0. The maximum absolute atomic E-state index is 5.16. The zero-order valence-corrected chi connectivity index (χ0v) is 52.1. The smallest absolute Gasteiger partial charge is 0.164 e. The molecule has 0 saturated heterocycles. The van der Waals surface area contributed by atoms with E-state index in [4.69, 9.17) is 29.9 Å². The van der Waals surface area contributed by atoms with Crippen LogP contribution in [0.5, 0.6) is 0 Å². The molecule has 0 unspecified atom stereocenters. The summed E-state index contributed by atoms with van der Waals surface area (Å²) in [7, 11) is 0. The van der Waals surface area contributed by atoms with Gasteiger partial charge in [-0.05, 0) is 115 Å². The lowest BCUT2D eigenvalue weighted by Crippen LogP contribution is -2.03. The average molecular weight is 1220 g/mol. The second kappa shape index (κ2) is 23.8. The molecule has 5 heterocycles. The molecule has 9 heteroatoms. The lowest BCUT2D eigenvalue weighted by Gasteiger charge is -2.16. The zero-order chi connectivity index (χ0) is 63.3. The van der Waals surface area contributed by atoms with Gasteiger partial charge in [0, 0.05) is 77.1 Å². The van der Waals surface area contributed by atoms with Crippen molar-refractivity contribution < 1.29 is 0 Å². The van der Waals surface area contributed by atoms with Crippen molar-refractivity contribution in [2.75, 3.05) is 0 Å². The highest BCUT2D eigenvalue weighted by atomic mass is 15.1. The molecule has 0 aliphatic heterocycles. The minimum atomic E-state index is 0.615. The van der Waals surface area contributed by atoms with Gasteiger partial charge in [-0.25, -0.2) is 29.9 Å². The fourth-order valence-corrected chi connectivity index (χ4v) is 13.7. The van der Waals surface area contributed by atoms with Crippen molar-refractivity contribution in [3.63, 3.8) is 0 Å². The molecule has 0 saturated carbocycles. The number of para-hydroxylation sites is 5. The van der Waals surface area contributed by atoms with E-state index in [-0.39, 0.29) is 0 Å². The Bertz CT molecular complexity index is 5710. The third-order valence-electron chi connectivity index (χ3n) is 18.0. The van der Waals surface area contributed by atoms with Crippen LogP contribution in [0.1, 0.15) is 11.1 Å². The molecule has 18 rings (SSSR count). The second-order valence-electron chi connectivity index (χ2n) is 24.0. The van der Waals surface area contributed by atoms with Crippen molar-refractivity contribution in [1.29, 1.82) is 0 Å². The van der Waals surface area contributed by atoms with Gasteiger partial charge in [-0.2, -0.15) is 0 Å². The van der Waals surface area contributed by atoms with Crippen molar-refractivity contribution in [2.45, 2.75) is 13.8 Å². The Balaban J connectivity index is 0.000000154. The highest BCUT2D eigenvalue weighted by Gasteiger charge is 2.23. The molecule has 13 aromatic carbocycles. The average Bonchev–Trinajstić information content (AvgIpc) is 1.63. The SMILES string of the molecule is Cc1cc(-c2nc(-c3ccccc3)nc(-c3ccccc3)n2)cc(C)c1-n1c2ccccc2c2ccccc21.c1ccc(-c2cc(-c3nc(-c4ccccc4)nc(-c4ccccc4)n3)cc(-n3c4ccccc4c4cc5c6ccccc6n(-c6ccccc6)c5cc43)c2)cc1. The molecule has 448 valence electrons. The number of rotatable bonds is 10. The number of hydrogen-bond donors (Lipinski definition) is 0. The molecule has 18 aromatic rings. The Morgan fingerprint density at radius 1 is 0.189 bits per heavy atom. The lowest BCUT2D eigenvalue weighted by atomic mass is 10.0. The molecule has 0 N–H and O–H groups in total. The van der Waals surface area contributed by atoms with E-state index in [0.717, 1.165) is 72.4 Å². The number of aromatic nitrogens is 9. The van der Waals surface area contributed by atoms with Gasteiger partial charge in [-0.15, -0.1) is 0 Å². The van der Waals surface area contributed by atoms with Crippen LogP contribution in [0.4, 0.5) is 0 Å². The van der Waals surface area contributed by atoms with Gasteiger partial charge in [0.1, 0.15) is 0 Å². The molecule has 0 bridgehead atoms. The van der Waals surface area contributed by atoms with Crippen LogP contribution in [0.25, 0.3) is 162 Å². The molecule has 0 fully saturated rings. The predicted octanol–water partition coefficient (Wildman–Crippen LogP) is 21.3. The van der Waals surface area contributed by atoms with Gasteiger partial charge in [0.05, 0.1) is 38.8 Å². The first-order valence-electron chi connectivity index (χ1n) is 32.0. The quantitative estimate of drug-likeness (QED) is 0.135. The van der Waals surface area contributed by atoms with E-state index in [0.29, 0.717) is 34.9 Å². The van der Waals surface area contributed by atoms with Crippen molar-refractivity contribution in [3.05, 3.63) is 333 Å².